The summed E-state index contributed by atoms with van der Waals surface area (Å²) in [6.45, 7) is 7.81. The van der Waals surface area contributed by atoms with Crippen molar-refractivity contribution in [3.05, 3.63) is 64.1 Å². The van der Waals surface area contributed by atoms with Crippen LogP contribution >= 0.6 is 11.6 Å². The van der Waals surface area contributed by atoms with Crippen molar-refractivity contribution in [3.8, 4) is 0 Å². The highest BCUT2D eigenvalue weighted by Crippen LogP contribution is 2.17. The molecule has 0 aliphatic carbocycles. The number of piperazine rings is 1. The standard InChI is InChI=1S/C20H22ClN5O/c1-14-10-15(2)26-19(23-14)18(12-22-26)20(27)25-8-6-24(7-9-25)13-16-4-3-5-17(21)11-16/h3-5,10-12H,6-9,13H2,1-2H3. The number of carbonyl (C=O) groups is 1. The monoisotopic (exact) mass is 383 g/mol. The zero-order valence-electron chi connectivity index (χ0n) is 15.5. The van der Waals surface area contributed by atoms with Crippen LogP contribution in [0.3, 0.4) is 0 Å². The molecule has 140 valence electrons. The molecule has 0 unspecified atom stereocenters. The van der Waals surface area contributed by atoms with E-state index in [0.29, 0.717) is 24.3 Å². The molecule has 1 saturated heterocycles. The number of aryl methyl sites for hydroxylation is 2. The number of hydrogen-bond donors (Lipinski definition) is 0. The molecule has 6 nitrogen and oxygen atoms in total. The molecular formula is C20H22ClN5O. The van der Waals surface area contributed by atoms with Crippen molar-refractivity contribution in [1.29, 1.82) is 0 Å². The molecule has 0 radical (unpaired) electrons. The van der Waals surface area contributed by atoms with Crippen LogP contribution in [0.4, 0.5) is 0 Å². The quantitative estimate of drug-likeness (QED) is 0.697. The van der Waals surface area contributed by atoms with E-state index in [4.69, 9.17) is 11.6 Å². The Kier molecular flexibility index (Phi) is 4.85. The largest absolute Gasteiger partial charge is 0.336 e. The topological polar surface area (TPSA) is 53.7 Å². The fraction of sp³-hybridized carbons (Fsp3) is 0.350. The Morgan fingerprint density at radius 2 is 1.93 bits per heavy atom. The molecule has 1 amide bonds. The predicted octanol–water partition coefficient (Wildman–Crippen LogP) is 2.96. The van der Waals surface area contributed by atoms with E-state index in [0.717, 1.165) is 36.0 Å². The second-order valence-corrected chi connectivity index (χ2v) is 7.47. The van der Waals surface area contributed by atoms with Crippen LogP contribution in [0.25, 0.3) is 5.65 Å². The molecule has 1 aliphatic rings. The third kappa shape index (κ3) is 3.68. The van der Waals surface area contributed by atoms with Crippen molar-refractivity contribution in [2.45, 2.75) is 20.4 Å². The zero-order chi connectivity index (χ0) is 19.0. The highest BCUT2D eigenvalue weighted by Gasteiger charge is 2.25. The van der Waals surface area contributed by atoms with Gasteiger partial charge in [0.1, 0.15) is 5.56 Å². The van der Waals surface area contributed by atoms with E-state index in [-0.39, 0.29) is 5.91 Å². The molecule has 0 N–H and O–H groups in total. The number of nitrogens with zero attached hydrogens (tertiary/aromatic N) is 5. The predicted molar refractivity (Wildman–Crippen MR) is 105 cm³/mol. The number of carbonyl (C=O) groups excluding carboxylic acids is 1. The number of fused-ring (bicyclic) bond motifs is 1. The minimum atomic E-state index is 0.00454. The molecule has 1 aromatic carbocycles. The van der Waals surface area contributed by atoms with Crippen LogP contribution in [0.15, 0.2) is 36.5 Å². The Balaban J connectivity index is 1.45. The van der Waals surface area contributed by atoms with Crippen LogP contribution in [-0.4, -0.2) is 56.5 Å². The van der Waals surface area contributed by atoms with E-state index >= 15 is 0 Å². The van der Waals surface area contributed by atoms with Crippen LogP contribution < -0.4 is 0 Å². The van der Waals surface area contributed by atoms with Crippen molar-refractivity contribution in [2.24, 2.45) is 0 Å². The van der Waals surface area contributed by atoms with Gasteiger partial charge in [-0.25, -0.2) is 9.50 Å². The molecule has 7 heteroatoms. The normalized spacial score (nSPS) is 15.4. The van der Waals surface area contributed by atoms with Gasteiger partial charge >= 0.3 is 0 Å². The first-order valence-electron chi connectivity index (χ1n) is 9.09. The van der Waals surface area contributed by atoms with Crippen LogP contribution in [-0.2, 0) is 6.54 Å². The van der Waals surface area contributed by atoms with E-state index in [9.17, 15) is 4.79 Å². The highest BCUT2D eigenvalue weighted by molar-refractivity contribution is 6.30. The number of hydrogen-bond acceptors (Lipinski definition) is 4. The molecule has 0 atom stereocenters. The van der Waals surface area contributed by atoms with Gasteiger partial charge in [-0.2, -0.15) is 5.10 Å². The van der Waals surface area contributed by atoms with Crippen LogP contribution in [0.2, 0.25) is 5.02 Å². The Morgan fingerprint density at radius 3 is 2.67 bits per heavy atom. The smallest absolute Gasteiger partial charge is 0.259 e. The Labute approximate surface area is 163 Å². The molecule has 2 aromatic heterocycles. The van der Waals surface area contributed by atoms with Crippen molar-refractivity contribution in [1.82, 2.24) is 24.4 Å². The summed E-state index contributed by atoms with van der Waals surface area (Å²) in [7, 11) is 0. The fourth-order valence-electron chi connectivity index (χ4n) is 3.59. The molecule has 1 fully saturated rings. The van der Waals surface area contributed by atoms with Gasteiger partial charge in [-0.15, -0.1) is 0 Å². The van der Waals surface area contributed by atoms with Gasteiger partial charge in [0, 0.05) is 49.1 Å². The summed E-state index contributed by atoms with van der Waals surface area (Å²) in [5.74, 6) is 0.00454. The van der Waals surface area contributed by atoms with E-state index in [1.807, 2.05) is 43.0 Å². The number of aromatic nitrogens is 3. The van der Waals surface area contributed by atoms with Crippen LogP contribution in [0.1, 0.15) is 27.3 Å². The van der Waals surface area contributed by atoms with Crippen molar-refractivity contribution in [3.63, 3.8) is 0 Å². The van der Waals surface area contributed by atoms with E-state index < -0.39 is 0 Å². The fourth-order valence-corrected chi connectivity index (χ4v) is 3.81. The lowest BCUT2D eigenvalue weighted by atomic mass is 10.2. The SMILES string of the molecule is Cc1cc(C)n2ncc(C(=O)N3CCN(Cc4cccc(Cl)c4)CC3)c2n1. The molecule has 3 heterocycles. The highest BCUT2D eigenvalue weighted by atomic mass is 35.5. The molecule has 0 bridgehead atoms. The minimum absolute atomic E-state index is 0.00454. The van der Waals surface area contributed by atoms with Crippen LogP contribution in [0.5, 0.6) is 0 Å². The van der Waals surface area contributed by atoms with Crippen LogP contribution in [0, 0.1) is 13.8 Å². The summed E-state index contributed by atoms with van der Waals surface area (Å²) >= 11 is 6.07. The average molecular weight is 384 g/mol. The second-order valence-electron chi connectivity index (χ2n) is 7.03. The van der Waals surface area contributed by atoms with Gasteiger partial charge in [-0.1, -0.05) is 23.7 Å². The lowest BCUT2D eigenvalue weighted by molar-refractivity contribution is 0.0630. The lowest BCUT2D eigenvalue weighted by Crippen LogP contribution is -2.48. The van der Waals surface area contributed by atoms with Gasteiger partial charge in [-0.05, 0) is 37.6 Å². The van der Waals surface area contributed by atoms with E-state index in [2.05, 4.69) is 21.0 Å². The number of halogens is 1. The molecular weight excluding hydrogens is 362 g/mol. The summed E-state index contributed by atoms with van der Waals surface area (Å²) in [4.78, 5) is 21.8. The minimum Gasteiger partial charge on any atom is -0.336 e. The lowest BCUT2D eigenvalue weighted by Gasteiger charge is -2.34. The Morgan fingerprint density at radius 1 is 1.15 bits per heavy atom. The first-order chi connectivity index (χ1) is 13.0. The molecule has 4 rings (SSSR count). The zero-order valence-corrected chi connectivity index (χ0v) is 16.3. The van der Waals surface area contributed by atoms with Gasteiger partial charge < -0.3 is 4.90 Å². The number of benzene rings is 1. The molecule has 0 saturated carbocycles. The summed E-state index contributed by atoms with van der Waals surface area (Å²) in [6.07, 6.45) is 1.63. The molecule has 0 spiro atoms. The molecule has 1 aliphatic heterocycles. The van der Waals surface area contributed by atoms with Crippen molar-refractivity contribution in [2.75, 3.05) is 26.2 Å². The van der Waals surface area contributed by atoms with Gasteiger partial charge in [0.05, 0.1) is 6.20 Å². The average Bonchev–Trinajstić information content (AvgIpc) is 3.06. The van der Waals surface area contributed by atoms with E-state index in [1.54, 1.807) is 10.7 Å². The molecule has 27 heavy (non-hydrogen) atoms. The summed E-state index contributed by atoms with van der Waals surface area (Å²) < 4.78 is 1.73. The second kappa shape index (κ2) is 7.29. The maximum Gasteiger partial charge on any atom is 0.259 e. The van der Waals surface area contributed by atoms with Crippen molar-refractivity contribution >= 4 is 23.2 Å². The maximum atomic E-state index is 13.0. The number of rotatable bonds is 3. The first kappa shape index (κ1) is 17.9. The third-order valence-corrected chi connectivity index (χ3v) is 5.20. The number of amides is 1. The van der Waals surface area contributed by atoms with Gasteiger partial charge in [-0.3, -0.25) is 9.69 Å². The van der Waals surface area contributed by atoms with Gasteiger partial charge in [0.2, 0.25) is 0 Å². The van der Waals surface area contributed by atoms with E-state index in [1.165, 1.54) is 5.56 Å². The summed E-state index contributed by atoms with van der Waals surface area (Å²) in [5, 5.41) is 5.09. The third-order valence-electron chi connectivity index (χ3n) is 4.96. The Hall–Kier alpha value is -2.44. The van der Waals surface area contributed by atoms with Gasteiger partial charge in [0.15, 0.2) is 5.65 Å². The van der Waals surface area contributed by atoms with Gasteiger partial charge in [0.25, 0.3) is 5.91 Å². The van der Waals surface area contributed by atoms with Crippen molar-refractivity contribution < 1.29 is 4.79 Å². The summed E-state index contributed by atoms with van der Waals surface area (Å²) in [6, 6.07) is 9.89. The molecule has 3 aromatic rings. The maximum absolute atomic E-state index is 13.0. The Bertz CT molecular complexity index is 991. The summed E-state index contributed by atoms with van der Waals surface area (Å²) in [5.41, 5.74) is 4.27. The first-order valence-corrected chi connectivity index (χ1v) is 9.47.